The summed E-state index contributed by atoms with van der Waals surface area (Å²) in [5, 5.41) is 0. The molecule has 0 atom stereocenters. The second-order valence-electron chi connectivity index (χ2n) is 4.47. The van der Waals surface area contributed by atoms with E-state index in [9.17, 15) is 0 Å². The first-order valence-electron chi connectivity index (χ1n) is 7.12. The van der Waals surface area contributed by atoms with Gasteiger partial charge in [-0.05, 0) is 48.9 Å². The smallest absolute Gasteiger partial charge is 0.239 e. The maximum absolute atomic E-state index is 5.37. The highest BCUT2D eigenvalue weighted by molar-refractivity contribution is 9.10. The SMILES string of the molecule is CCN(CC)CCCN(CC)c1nc(NN)ncc1Br. The normalized spacial score (nSPS) is 10.9. The molecule has 114 valence electrons. The zero-order valence-electron chi connectivity index (χ0n) is 12.6. The molecular formula is C13H25BrN6. The van der Waals surface area contributed by atoms with Crippen LogP contribution in [0.15, 0.2) is 10.7 Å². The summed E-state index contributed by atoms with van der Waals surface area (Å²) in [7, 11) is 0. The van der Waals surface area contributed by atoms with Crippen molar-refractivity contribution in [1.29, 1.82) is 0 Å². The average Bonchev–Trinajstić information content (AvgIpc) is 2.49. The third kappa shape index (κ3) is 4.88. The summed E-state index contributed by atoms with van der Waals surface area (Å²) in [5.74, 6) is 6.69. The van der Waals surface area contributed by atoms with Gasteiger partial charge in [0.25, 0.3) is 0 Å². The highest BCUT2D eigenvalue weighted by atomic mass is 79.9. The lowest BCUT2D eigenvalue weighted by Gasteiger charge is -2.25. The maximum Gasteiger partial charge on any atom is 0.239 e. The van der Waals surface area contributed by atoms with Crippen molar-refractivity contribution in [3.8, 4) is 0 Å². The van der Waals surface area contributed by atoms with E-state index >= 15 is 0 Å². The first kappa shape index (κ1) is 17.1. The summed E-state index contributed by atoms with van der Waals surface area (Å²) in [6, 6.07) is 0. The topological polar surface area (TPSA) is 70.3 Å². The fourth-order valence-corrected chi connectivity index (χ4v) is 2.53. The van der Waals surface area contributed by atoms with Gasteiger partial charge in [0.2, 0.25) is 5.95 Å². The van der Waals surface area contributed by atoms with E-state index in [1.54, 1.807) is 6.20 Å². The van der Waals surface area contributed by atoms with Crippen LogP contribution in [0.1, 0.15) is 27.2 Å². The molecule has 1 heterocycles. The number of rotatable bonds is 9. The standard InChI is InChI=1S/C13H25BrN6/c1-4-19(5-2)8-7-9-20(6-3)12-11(14)10-16-13(17-12)18-15/h10H,4-9,15H2,1-3H3,(H,16,17,18). The van der Waals surface area contributed by atoms with E-state index < -0.39 is 0 Å². The molecule has 0 aliphatic heterocycles. The van der Waals surface area contributed by atoms with Crippen LogP contribution in [0.2, 0.25) is 0 Å². The summed E-state index contributed by atoms with van der Waals surface area (Å²) in [6.07, 6.45) is 2.84. The number of anilines is 2. The molecule has 3 N–H and O–H groups in total. The Morgan fingerprint density at radius 1 is 1.20 bits per heavy atom. The second kappa shape index (κ2) is 9.10. The Balaban J connectivity index is 2.66. The van der Waals surface area contributed by atoms with Crippen LogP contribution >= 0.6 is 15.9 Å². The molecule has 0 unspecified atom stereocenters. The quantitative estimate of drug-likeness (QED) is 0.528. The lowest BCUT2D eigenvalue weighted by Crippen LogP contribution is -2.31. The van der Waals surface area contributed by atoms with E-state index in [0.29, 0.717) is 5.95 Å². The zero-order chi connectivity index (χ0) is 15.0. The minimum Gasteiger partial charge on any atom is -0.356 e. The summed E-state index contributed by atoms with van der Waals surface area (Å²) >= 11 is 3.50. The Bertz CT molecular complexity index is 396. The predicted octanol–water partition coefficient (Wildman–Crippen LogP) is 2.08. The molecule has 1 rings (SSSR count). The van der Waals surface area contributed by atoms with E-state index in [2.05, 4.69) is 61.9 Å². The molecule has 0 saturated heterocycles. The Morgan fingerprint density at radius 3 is 2.45 bits per heavy atom. The van der Waals surface area contributed by atoms with Crippen molar-refractivity contribution < 1.29 is 0 Å². The van der Waals surface area contributed by atoms with Gasteiger partial charge in [-0.25, -0.2) is 10.8 Å². The molecule has 1 aromatic rings. The number of nitrogen functional groups attached to an aromatic ring is 1. The van der Waals surface area contributed by atoms with Crippen LogP contribution in [-0.4, -0.2) is 47.6 Å². The van der Waals surface area contributed by atoms with Crippen molar-refractivity contribution in [3.05, 3.63) is 10.7 Å². The number of nitrogens with two attached hydrogens (primary N) is 1. The minimum absolute atomic E-state index is 0.436. The fraction of sp³-hybridized carbons (Fsp3) is 0.692. The largest absolute Gasteiger partial charge is 0.356 e. The molecule has 0 aliphatic rings. The third-order valence-corrected chi connectivity index (χ3v) is 3.89. The van der Waals surface area contributed by atoms with E-state index in [1.807, 2.05) is 0 Å². The Kier molecular flexibility index (Phi) is 7.79. The number of hydrogen-bond acceptors (Lipinski definition) is 6. The van der Waals surface area contributed by atoms with Gasteiger partial charge in [0.05, 0.1) is 4.47 Å². The van der Waals surface area contributed by atoms with E-state index in [4.69, 9.17) is 5.84 Å². The number of nitrogens with one attached hydrogen (secondary N) is 1. The maximum atomic E-state index is 5.37. The molecule has 0 aromatic carbocycles. The van der Waals surface area contributed by atoms with Gasteiger partial charge in [-0.1, -0.05) is 13.8 Å². The van der Waals surface area contributed by atoms with Crippen molar-refractivity contribution in [1.82, 2.24) is 14.9 Å². The third-order valence-electron chi connectivity index (χ3n) is 3.33. The van der Waals surface area contributed by atoms with E-state index in [0.717, 1.165) is 49.4 Å². The van der Waals surface area contributed by atoms with Gasteiger partial charge >= 0.3 is 0 Å². The van der Waals surface area contributed by atoms with Crippen molar-refractivity contribution >= 4 is 27.7 Å². The monoisotopic (exact) mass is 344 g/mol. The number of aromatic nitrogens is 2. The molecule has 20 heavy (non-hydrogen) atoms. The summed E-state index contributed by atoms with van der Waals surface area (Å²) < 4.78 is 0.890. The molecular weight excluding hydrogens is 320 g/mol. The molecule has 0 spiro atoms. The second-order valence-corrected chi connectivity index (χ2v) is 5.32. The van der Waals surface area contributed by atoms with Crippen LogP contribution < -0.4 is 16.2 Å². The molecule has 0 fully saturated rings. The first-order chi connectivity index (χ1) is 9.65. The molecule has 0 radical (unpaired) electrons. The van der Waals surface area contributed by atoms with Gasteiger partial charge in [-0.2, -0.15) is 4.98 Å². The van der Waals surface area contributed by atoms with Crippen LogP contribution in [-0.2, 0) is 0 Å². The number of halogens is 1. The molecule has 0 bridgehead atoms. The van der Waals surface area contributed by atoms with Gasteiger partial charge in [-0.3, -0.25) is 5.43 Å². The van der Waals surface area contributed by atoms with Crippen molar-refractivity contribution in [2.24, 2.45) is 5.84 Å². The van der Waals surface area contributed by atoms with Crippen LogP contribution in [0.5, 0.6) is 0 Å². The summed E-state index contributed by atoms with van der Waals surface area (Å²) in [5.41, 5.74) is 2.49. The van der Waals surface area contributed by atoms with Gasteiger partial charge < -0.3 is 9.80 Å². The predicted molar refractivity (Wildman–Crippen MR) is 87.8 cm³/mol. The lowest BCUT2D eigenvalue weighted by atomic mass is 10.3. The highest BCUT2D eigenvalue weighted by Crippen LogP contribution is 2.24. The fourth-order valence-electron chi connectivity index (χ4n) is 2.09. The number of nitrogens with zero attached hydrogens (tertiary/aromatic N) is 4. The van der Waals surface area contributed by atoms with Gasteiger partial charge in [0, 0.05) is 19.3 Å². The zero-order valence-corrected chi connectivity index (χ0v) is 14.2. The first-order valence-corrected chi connectivity index (χ1v) is 7.91. The lowest BCUT2D eigenvalue weighted by molar-refractivity contribution is 0.300. The van der Waals surface area contributed by atoms with Crippen LogP contribution in [0, 0.1) is 0 Å². The van der Waals surface area contributed by atoms with Crippen molar-refractivity contribution in [3.63, 3.8) is 0 Å². The molecule has 0 saturated carbocycles. The van der Waals surface area contributed by atoms with Gasteiger partial charge in [-0.15, -0.1) is 0 Å². The minimum atomic E-state index is 0.436. The van der Waals surface area contributed by atoms with E-state index in [1.165, 1.54) is 0 Å². The molecule has 0 aliphatic carbocycles. The Hall–Kier alpha value is -0.920. The van der Waals surface area contributed by atoms with Crippen molar-refractivity contribution in [2.45, 2.75) is 27.2 Å². The summed E-state index contributed by atoms with van der Waals surface area (Å²) in [4.78, 5) is 13.2. The number of hydrogen-bond donors (Lipinski definition) is 2. The average molecular weight is 345 g/mol. The van der Waals surface area contributed by atoms with Crippen molar-refractivity contribution in [2.75, 3.05) is 43.0 Å². The molecule has 7 heteroatoms. The molecule has 1 aromatic heterocycles. The molecule has 6 nitrogen and oxygen atoms in total. The van der Waals surface area contributed by atoms with Crippen LogP contribution in [0.3, 0.4) is 0 Å². The summed E-state index contributed by atoms with van der Waals surface area (Å²) in [6.45, 7) is 11.7. The Labute approximate surface area is 129 Å². The Morgan fingerprint density at radius 2 is 1.90 bits per heavy atom. The van der Waals surface area contributed by atoms with Gasteiger partial charge in [0.15, 0.2) is 0 Å². The number of hydrazine groups is 1. The van der Waals surface area contributed by atoms with Gasteiger partial charge in [0.1, 0.15) is 5.82 Å². The van der Waals surface area contributed by atoms with Crippen LogP contribution in [0.25, 0.3) is 0 Å². The van der Waals surface area contributed by atoms with Crippen LogP contribution in [0.4, 0.5) is 11.8 Å². The van der Waals surface area contributed by atoms with E-state index in [-0.39, 0.29) is 0 Å². The molecule has 0 amide bonds. The highest BCUT2D eigenvalue weighted by Gasteiger charge is 2.12.